The molecule has 8 heteroatoms. The normalized spacial score (nSPS) is 19.7. The summed E-state index contributed by atoms with van der Waals surface area (Å²) in [4.78, 5) is 11.5. The zero-order valence-corrected chi connectivity index (χ0v) is 22.4. The highest BCUT2D eigenvalue weighted by atomic mass is 35.5. The number of aliphatic imine (C=N–C) groups is 2. The number of rotatable bonds is 7. The van der Waals surface area contributed by atoms with Crippen LogP contribution in [0.4, 0.5) is 0 Å². The van der Waals surface area contributed by atoms with Gasteiger partial charge in [0.05, 0.1) is 5.71 Å². The van der Waals surface area contributed by atoms with Crippen molar-refractivity contribution in [2.45, 2.75) is 53.2 Å². The molecule has 0 amide bonds. The lowest BCUT2D eigenvalue weighted by atomic mass is 9.90. The van der Waals surface area contributed by atoms with Crippen molar-refractivity contribution in [3.05, 3.63) is 58.7 Å². The molecule has 34 heavy (non-hydrogen) atoms. The van der Waals surface area contributed by atoms with Crippen molar-refractivity contribution in [2.24, 2.45) is 21.0 Å². The monoisotopic (exact) mass is 503 g/mol. The molecule has 0 N–H and O–H groups in total. The van der Waals surface area contributed by atoms with E-state index >= 15 is 0 Å². The van der Waals surface area contributed by atoms with Crippen LogP contribution in [-0.2, 0) is 4.74 Å². The van der Waals surface area contributed by atoms with Crippen molar-refractivity contribution in [3.8, 4) is 0 Å². The first kappa shape index (κ1) is 26.5. The third-order valence-corrected chi connectivity index (χ3v) is 6.51. The number of likely N-dealkylation sites (tertiary alicyclic amines) is 1. The minimum atomic E-state index is -0.0438. The maximum absolute atomic E-state index is 6.61. The molecular weight excluding hydrogens is 469 g/mol. The Morgan fingerprint density at radius 2 is 2.00 bits per heavy atom. The van der Waals surface area contributed by atoms with Crippen LogP contribution in [0.25, 0.3) is 0 Å². The van der Waals surface area contributed by atoms with Crippen LogP contribution in [0.3, 0.4) is 0 Å². The van der Waals surface area contributed by atoms with Gasteiger partial charge in [-0.15, -0.1) is 11.6 Å². The zero-order chi connectivity index (χ0) is 24.9. The smallest absolute Gasteiger partial charge is 0.317 e. The van der Waals surface area contributed by atoms with Gasteiger partial charge in [0, 0.05) is 41.0 Å². The quantitative estimate of drug-likeness (QED) is 0.261. The van der Waals surface area contributed by atoms with Gasteiger partial charge in [-0.1, -0.05) is 55.0 Å². The van der Waals surface area contributed by atoms with Crippen LogP contribution < -0.4 is 0 Å². The zero-order valence-electron chi connectivity index (χ0n) is 20.9. The molecule has 1 aromatic carbocycles. The van der Waals surface area contributed by atoms with E-state index in [-0.39, 0.29) is 17.6 Å². The molecule has 0 aromatic heterocycles. The van der Waals surface area contributed by atoms with Gasteiger partial charge in [-0.25, -0.2) is 4.99 Å². The second-order valence-corrected chi connectivity index (χ2v) is 10.2. The molecule has 1 saturated heterocycles. The Kier molecular flexibility index (Phi) is 8.96. The number of allylic oxidation sites excluding steroid dienone is 4. The minimum absolute atomic E-state index is 0.0438. The number of halogens is 2. The van der Waals surface area contributed by atoms with Gasteiger partial charge in [0.15, 0.2) is 0 Å². The van der Waals surface area contributed by atoms with E-state index in [1.807, 2.05) is 50.3 Å². The molecule has 0 saturated carbocycles. The van der Waals surface area contributed by atoms with Gasteiger partial charge >= 0.3 is 6.02 Å². The Hall–Kier alpha value is -2.15. The number of hydrogen-bond donors (Lipinski definition) is 0. The highest BCUT2D eigenvalue weighted by Gasteiger charge is 2.37. The van der Waals surface area contributed by atoms with Gasteiger partial charge in [0.25, 0.3) is 0 Å². The van der Waals surface area contributed by atoms with Gasteiger partial charge in [0.1, 0.15) is 18.6 Å². The van der Waals surface area contributed by atoms with Crippen LogP contribution in [0.15, 0.2) is 63.2 Å². The molecule has 184 valence electrons. The van der Waals surface area contributed by atoms with Crippen molar-refractivity contribution in [1.29, 1.82) is 0 Å². The average molecular weight is 505 g/mol. The molecule has 6 nitrogen and oxygen atoms in total. The van der Waals surface area contributed by atoms with E-state index in [0.29, 0.717) is 29.4 Å². The number of hydrazone groups is 1. The van der Waals surface area contributed by atoms with Crippen LogP contribution in [0.1, 0.15) is 47.1 Å². The van der Waals surface area contributed by atoms with Gasteiger partial charge in [-0.05, 0) is 46.3 Å². The summed E-state index contributed by atoms with van der Waals surface area (Å²) in [6.07, 6.45) is 6.10. The second kappa shape index (κ2) is 11.5. The van der Waals surface area contributed by atoms with Crippen LogP contribution in [0, 0.1) is 5.92 Å². The van der Waals surface area contributed by atoms with Crippen LogP contribution in [0.5, 0.6) is 0 Å². The van der Waals surface area contributed by atoms with Crippen LogP contribution in [0.2, 0.25) is 5.02 Å². The SMILES string of the molecule is C/C=C(\C=C/CCl)C(C)/C(=N\N1CN=C(C)N=C1OC1CN(C(C)(C)C)C1)c1ccccc1Cl. The molecule has 1 unspecified atom stereocenters. The third-order valence-electron chi connectivity index (χ3n) is 6.00. The molecular formula is C26H35Cl2N5O. The Balaban J connectivity index is 1.93. The highest BCUT2D eigenvalue weighted by molar-refractivity contribution is 6.34. The van der Waals surface area contributed by atoms with Gasteiger partial charge in [0.2, 0.25) is 0 Å². The van der Waals surface area contributed by atoms with Gasteiger partial charge < -0.3 is 4.74 Å². The highest BCUT2D eigenvalue weighted by Crippen LogP contribution is 2.27. The van der Waals surface area contributed by atoms with Crippen molar-refractivity contribution < 1.29 is 4.74 Å². The number of benzene rings is 1. The topological polar surface area (TPSA) is 52.8 Å². The van der Waals surface area contributed by atoms with Crippen LogP contribution >= 0.6 is 23.2 Å². The second-order valence-electron chi connectivity index (χ2n) is 9.49. The molecule has 3 rings (SSSR count). The maximum atomic E-state index is 6.61. The van der Waals surface area contributed by atoms with E-state index in [2.05, 4.69) is 48.7 Å². The summed E-state index contributed by atoms with van der Waals surface area (Å²) >= 11 is 12.5. The molecule has 0 aliphatic carbocycles. The first-order valence-electron chi connectivity index (χ1n) is 11.6. The van der Waals surface area contributed by atoms with Gasteiger partial charge in [-0.3, -0.25) is 4.90 Å². The summed E-state index contributed by atoms with van der Waals surface area (Å²) in [6.45, 7) is 14.7. The number of hydrogen-bond acceptors (Lipinski definition) is 6. The Morgan fingerprint density at radius 3 is 2.62 bits per heavy atom. The summed E-state index contributed by atoms with van der Waals surface area (Å²) in [5, 5.41) is 7.40. The molecule has 0 spiro atoms. The van der Waals surface area contributed by atoms with E-state index in [4.69, 9.17) is 33.0 Å². The lowest BCUT2D eigenvalue weighted by Gasteiger charge is -2.47. The van der Waals surface area contributed by atoms with E-state index in [9.17, 15) is 0 Å². The first-order valence-corrected chi connectivity index (χ1v) is 12.6. The molecule has 2 aliphatic heterocycles. The molecule has 0 bridgehead atoms. The van der Waals surface area contributed by atoms with Gasteiger partial charge in [-0.2, -0.15) is 15.1 Å². The number of amidine groups is 2. The first-order chi connectivity index (χ1) is 16.1. The van der Waals surface area contributed by atoms with E-state index < -0.39 is 0 Å². The largest absolute Gasteiger partial charge is 0.458 e. The predicted octanol–water partition coefficient (Wildman–Crippen LogP) is 5.97. The Morgan fingerprint density at radius 1 is 1.29 bits per heavy atom. The van der Waals surface area contributed by atoms with Crippen LogP contribution in [-0.4, -0.2) is 64.8 Å². The number of alkyl halides is 1. The number of nitrogens with zero attached hydrogens (tertiary/aromatic N) is 5. The van der Waals surface area contributed by atoms with Crippen molar-refractivity contribution in [1.82, 2.24) is 9.91 Å². The molecule has 0 radical (unpaired) electrons. The molecule has 1 aromatic rings. The average Bonchev–Trinajstić information content (AvgIpc) is 2.75. The molecule has 2 aliphatic rings. The third kappa shape index (κ3) is 6.49. The fraction of sp³-hybridized carbons (Fsp3) is 0.500. The molecule has 1 fully saturated rings. The van der Waals surface area contributed by atoms with E-state index in [0.717, 1.165) is 29.9 Å². The molecule has 1 atom stereocenters. The lowest BCUT2D eigenvalue weighted by molar-refractivity contribution is -0.0480. The summed E-state index contributed by atoms with van der Waals surface area (Å²) in [7, 11) is 0. The molecule has 2 heterocycles. The maximum Gasteiger partial charge on any atom is 0.317 e. The van der Waals surface area contributed by atoms with E-state index in [1.54, 1.807) is 5.01 Å². The van der Waals surface area contributed by atoms with Crippen molar-refractivity contribution in [2.75, 3.05) is 25.6 Å². The van der Waals surface area contributed by atoms with Crippen molar-refractivity contribution >= 4 is 40.8 Å². The fourth-order valence-electron chi connectivity index (χ4n) is 3.83. The minimum Gasteiger partial charge on any atom is -0.458 e. The Bertz CT molecular complexity index is 1020. The summed E-state index contributed by atoms with van der Waals surface area (Å²) in [6, 6.07) is 8.22. The summed E-state index contributed by atoms with van der Waals surface area (Å²) in [5.41, 5.74) is 2.89. The Labute approximate surface area is 213 Å². The van der Waals surface area contributed by atoms with E-state index in [1.165, 1.54) is 0 Å². The lowest BCUT2D eigenvalue weighted by Crippen LogP contribution is -2.60. The summed E-state index contributed by atoms with van der Waals surface area (Å²) in [5.74, 6) is 1.08. The predicted molar refractivity (Wildman–Crippen MR) is 144 cm³/mol. The summed E-state index contributed by atoms with van der Waals surface area (Å²) < 4.78 is 6.30. The fourth-order valence-corrected chi connectivity index (χ4v) is 4.16. The standard InChI is InChI=1S/C26H35Cl2N5O/c1-7-20(11-10-14-27)18(2)24(22-12-8-9-13-23(22)28)31-33-17-29-19(3)30-25(33)34-21-15-32(16-21)26(4,5)6/h7-13,18,21H,14-17H2,1-6H3/b11-10-,20-7+,31-24+. The number of ether oxygens (including phenoxy) is 1. The van der Waals surface area contributed by atoms with Crippen molar-refractivity contribution in [3.63, 3.8) is 0 Å².